The minimum absolute atomic E-state index is 0.109. The van der Waals surface area contributed by atoms with Crippen molar-refractivity contribution in [3.8, 4) is 0 Å². The van der Waals surface area contributed by atoms with E-state index in [0.29, 0.717) is 13.1 Å². The highest BCUT2D eigenvalue weighted by molar-refractivity contribution is 5.87. The van der Waals surface area contributed by atoms with Crippen molar-refractivity contribution in [1.29, 1.82) is 0 Å². The molecule has 0 aliphatic rings. The van der Waals surface area contributed by atoms with Crippen LogP contribution in [-0.2, 0) is 17.8 Å². The zero-order valence-electron chi connectivity index (χ0n) is 17.5. The molecule has 0 spiro atoms. The molecule has 0 aliphatic carbocycles. The third-order valence-electron chi connectivity index (χ3n) is 5.40. The average molecular weight is 407 g/mol. The Hall–Kier alpha value is -3.72. The molecule has 0 N–H and O–H groups in total. The Morgan fingerprint density at radius 2 is 1.26 bits per heavy atom. The molecule has 154 valence electrons. The molecule has 0 unspecified atom stereocenters. The van der Waals surface area contributed by atoms with E-state index in [1.165, 1.54) is 0 Å². The van der Waals surface area contributed by atoms with E-state index >= 15 is 0 Å². The minimum atomic E-state index is -0.338. The van der Waals surface area contributed by atoms with E-state index in [2.05, 4.69) is 17.1 Å². The number of nitrogens with zero attached hydrogens (tertiary/aromatic N) is 2. The van der Waals surface area contributed by atoms with Crippen LogP contribution in [0.25, 0.3) is 0 Å². The molecule has 1 amide bonds. The summed E-state index contributed by atoms with van der Waals surface area (Å²) in [5.41, 5.74) is 4.13. The second-order valence-corrected chi connectivity index (χ2v) is 7.57. The fourth-order valence-corrected chi connectivity index (χ4v) is 3.82. The number of benzene rings is 3. The van der Waals surface area contributed by atoms with Gasteiger partial charge in [0.1, 0.15) is 0 Å². The summed E-state index contributed by atoms with van der Waals surface area (Å²) in [4.78, 5) is 20.4. The number of rotatable bonds is 8. The maximum atomic E-state index is 14.0. The van der Waals surface area contributed by atoms with Gasteiger partial charge in [-0.05, 0) is 28.8 Å². The fraction of sp³-hybridized carbons (Fsp3) is 0.143. The summed E-state index contributed by atoms with van der Waals surface area (Å²) in [6, 6.07) is 36.2. The van der Waals surface area contributed by atoms with Gasteiger partial charge in [-0.3, -0.25) is 9.78 Å². The molecule has 4 aromatic rings. The van der Waals surface area contributed by atoms with Crippen LogP contribution in [-0.4, -0.2) is 22.3 Å². The lowest BCUT2D eigenvalue weighted by atomic mass is 9.89. The van der Waals surface area contributed by atoms with E-state index in [4.69, 9.17) is 0 Å². The van der Waals surface area contributed by atoms with Crippen LogP contribution in [0.4, 0.5) is 0 Å². The summed E-state index contributed by atoms with van der Waals surface area (Å²) in [7, 11) is 0. The van der Waals surface area contributed by atoms with Crippen LogP contribution in [0, 0.1) is 0 Å². The van der Waals surface area contributed by atoms with Gasteiger partial charge in [0.15, 0.2) is 0 Å². The second-order valence-electron chi connectivity index (χ2n) is 7.57. The molecule has 3 nitrogen and oxygen atoms in total. The third kappa shape index (κ3) is 5.46. The standard InChI is InChI=1S/C28H26N2O/c31-28(27(24-14-6-2-7-15-24)25-16-8-3-9-17-25)30(22-23-12-4-1-5-13-23)21-19-26-18-10-11-20-29-26/h1-18,20,27H,19,21-22H2. The molecule has 0 saturated carbocycles. The minimum Gasteiger partial charge on any atom is -0.337 e. The normalized spacial score (nSPS) is 10.7. The summed E-state index contributed by atoms with van der Waals surface area (Å²) in [6.07, 6.45) is 2.52. The van der Waals surface area contributed by atoms with Crippen LogP contribution in [0.1, 0.15) is 28.3 Å². The van der Waals surface area contributed by atoms with Crippen LogP contribution in [0.2, 0.25) is 0 Å². The maximum Gasteiger partial charge on any atom is 0.234 e. The molecule has 31 heavy (non-hydrogen) atoms. The molecular formula is C28H26N2O. The van der Waals surface area contributed by atoms with Crippen LogP contribution < -0.4 is 0 Å². The van der Waals surface area contributed by atoms with Gasteiger partial charge in [0.25, 0.3) is 0 Å². The van der Waals surface area contributed by atoms with E-state index in [1.807, 2.05) is 102 Å². The molecule has 3 aromatic carbocycles. The lowest BCUT2D eigenvalue weighted by Gasteiger charge is -2.28. The van der Waals surface area contributed by atoms with Gasteiger partial charge in [0.05, 0.1) is 5.92 Å². The van der Waals surface area contributed by atoms with Crippen molar-refractivity contribution < 1.29 is 4.79 Å². The molecule has 1 heterocycles. The summed E-state index contributed by atoms with van der Waals surface area (Å²) in [6.45, 7) is 1.18. The van der Waals surface area contributed by atoms with E-state index in [-0.39, 0.29) is 11.8 Å². The fourth-order valence-electron chi connectivity index (χ4n) is 3.82. The van der Waals surface area contributed by atoms with Gasteiger partial charge in [-0.15, -0.1) is 0 Å². The van der Waals surface area contributed by atoms with Gasteiger partial charge in [-0.1, -0.05) is 97.1 Å². The number of carbonyl (C=O) groups excluding carboxylic acids is 1. The maximum absolute atomic E-state index is 14.0. The molecule has 0 radical (unpaired) electrons. The Balaban J connectivity index is 1.65. The molecule has 0 aliphatic heterocycles. The van der Waals surface area contributed by atoms with Crippen LogP contribution in [0.15, 0.2) is 115 Å². The summed E-state index contributed by atoms with van der Waals surface area (Å²) < 4.78 is 0. The van der Waals surface area contributed by atoms with Crippen molar-refractivity contribution in [2.24, 2.45) is 0 Å². The van der Waals surface area contributed by atoms with Crippen molar-refractivity contribution in [2.75, 3.05) is 6.54 Å². The van der Waals surface area contributed by atoms with Crippen molar-refractivity contribution in [1.82, 2.24) is 9.88 Å². The van der Waals surface area contributed by atoms with Gasteiger partial charge in [-0.2, -0.15) is 0 Å². The number of hydrogen-bond donors (Lipinski definition) is 0. The number of pyridine rings is 1. The number of hydrogen-bond acceptors (Lipinski definition) is 2. The first kappa shape index (κ1) is 20.5. The Morgan fingerprint density at radius 1 is 0.710 bits per heavy atom. The van der Waals surface area contributed by atoms with Gasteiger partial charge < -0.3 is 4.90 Å². The highest BCUT2D eigenvalue weighted by Crippen LogP contribution is 2.27. The molecule has 3 heteroatoms. The van der Waals surface area contributed by atoms with Crippen LogP contribution >= 0.6 is 0 Å². The second kappa shape index (κ2) is 10.4. The molecule has 1 aromatic heterocycles. The SMILES string of the molecule is O=C(C(c1ccccc1)c1ccccc1)N(CCc1ccccn1)Cc1ccccc1. The number of aromatic nitrogens is 1. The number of amides is 1. The monoisotopic (exact) mass is 406 g/mol. The van der Waals surface area contributed by atoms with Crippen LogP contribution in [0.3, 0.4) is 0 Å². The lowest BCUT2D eigenvalue weighted by molar-refractivity contribution is -0.132. The molecule has 0 saturated heterocycles. The third-order valence-corrected chi connectivity index (χ3v) is 5.40. The molecule has 0 atom stereocenters. The van der Waals surface area contributed by atoms with Crippen molar-refractivity contribution in [3.63, 3.8) is 0 Å². The van der Waals surface area contributed by atoms with Gasteiger partial charge in [-0.25, -0.2) is 0 Å². The predicted octanol–water partition coefficient (Wildman–Crippen LogP) is 5.49. The molecule has 4 rings (SSSR count). The van der Waals surface area contributed by atoms with E-state index in [9.17, 15) is 4.79 Å². The van der Waals surface area contributed by atoms with Crippen LogP contribution in [0.5, 0.6) is 0 Å². The summed E-state index contributed by atoms with van der Waals surface area (Å²) in [5.74, 6) is -0.230. The quantitative estimate of drug-likeness (QED) is 0.388. The van der Waals surface area contributed by atoms with Crippen molar-refractivity contribution >= 4 is 5.91 Å². The smallest absolute Gasteiger partial charge is 0.234 e. The Labute approximate surface area is 184 Å². The van der Waals surface area contributed by atoms with Gasteiger partial charge in [0.2, 0.25) is 5.91 Å². The first-order valence-corrected chi connectivity index (χ1v) is 10.6. The van der Waals surface area contributed by atoms with E-state index in [0.717, 1.165) is 28.8 Å². The zero-order chi connectivity index (χ0) is 21.3. The number of carbonyl (C=O) groups is 1. The topological polar surface area (TPSA) is 33.2 Å². The first-order valence-electron chi connectivity index (χ1n) is 10.6. The Morgan fingerprint density at radius 3 is 1.81 bits per heavy atom. The van der Waals surface area contributed by atoms with E-state index in [1.54, 1.807) is 6.20 Å². The average Bonchev–Trinajstić information content (AvgIpc) is 2.84. The highest BCUT2D eigenvalue weighted by Gasteiger charge is 2.27. The first-order chi connectivity index (χ1) is 15.3. The lowest BCUT2D eigenvalue weighted by Crippen LogP contribution is -2.36. The van der Waals surface area contributed by atoms with E-state index < -0.39 is 0 Å². The summed E-state index contributed by atoms with van der Waals surface area (Å²) in [5, 5.41) is 0. The van der Waals surface area contributed by atoms with Gasteiger partial charge in [0, 0.05) is 31.4 Å². The molecule has 0 bridgehead atoms. The van der Waals surface area contributed by atoms with Crippen molar-refractivity contribution in [2.45, 2.75) is 18.9 Å². The summed E-state index contributed by atoms with van der Waals surface area (Å²) >= 11 is 0. The molecular weight excluding hydrogens is 380 g/mol. The highest BCUT2D eigenvalue weighted by atomic mass is 16.2. The molecule has 0 fully saturated rings. The van der Waals surface area contributed by atoms with Crippen molar-refractivity contribution in [3.05, 3.63) is 138 Å². The predicted molar refractivity (Wildman–Crippen MR) is 125 cm³/mol. The van der Waals surface area contributed by atoms with Gasteiger partial charge >= 0.3 is 0 Å². The zero-order valence-corrected chi connectivity index (χ0v) is 17.5. The Kier molecular flexibility index (Phi) is 6.86. The Bertz CT molecular complexity index is 1030. The largest absolute Gasteiger partial charge is 0.337 e.